The van der Waals surface area contributed by atoms with Crippen LogP contribution < -0.4 is 0 Å². The molecule has 0 fully saturated rings. The van der Waals surface area contributed by atoms with E-state index < -0.39 is 5.75 Å². The summed E-state index contributed by atoms with van der Waals surface area (Å²) in [6, 6.07) is 27.6. The van der Waals surface area contributed by atoms with Gasteiger partial charge in [-0.3, -0.25) is 0 Å². The highest BCUT2D eigenvalue weighted by Gasteiger charge is 2.29. The molecule has 0 radical (unpaired) electrons. The summed E-state index contributed by atoms with van der Waals surface area (Å²) in [5.41, 5.74) is 11.4. The molecule has 0 aliphatic carbocycles. The standard InChI is InChI=1S/C23H32O4.C23H32O3.C21H28O2/c1-22(2,3)16-10-14(11-17(20(16)26)23(4,5)6)8-7-9-15-12-18(24)21(27)19(25)13-15;1-22(2,3)19-12-16(13-20(21(19)26)23(4,5)6)9-7-8-15-10-17(24)14-18(25)11-15;1-20(2,3)17-12-15(11-14-7-9-16(22)10-8-14)13-18(19(17)23)21(4,5)6/h10-13,24-27H,7-9H2,1-6H3;10-14,24-26H,7-9H2,1-6H3;7-10,12-13,22-23H,11H2,1-6H3. The first-order valence-corrected chi connectivity index (χ1v) is 26.8. The van der Waals surface area contributed by atoms with Gasteiger partial charge < -0.3 is 46.0 Å². The van der Waals surface area contributed by atoms with Crippen molar-refractivity contribution >= 4 is 0 Å². The van der Waals surface area contributed by atoms with E-state index in [1.54, 1.807) is 24.3 Å². The topological polar surface area (TPSA) is 182 Å². The molecule has 6 aromatic carbocycles. The quantitative estimate of drug-likeness (QED) is 0.0603. The molecule has 9 heteroatoms. The van der Waals surface area contributed by atoms with E-state index in [1.165, 1.54) is 29.3 Å². The van der Waals surface area contributed by atoms with E-state index in [1.807, 2.05) is 12.1 Å². The summed E-state index contributed by atoms with van der Waals surface area (Å²) in [5, 5.41) is 89.7. The molecule has 0 atom stereocenters. The number of hydrogen-bond donors (Lipinski definition) is 9. The second kappa shape index (κ2) is 23.8. The zero-order valence-electron chi connectivity index (χ0n) is 49.1. The summed E-state index contributed by atoms with van der Waals surface area (Å²) in [4.78, 5) is 0. The molecule has 0 aromatic heterocycles. The first-order chi connectivity index (χ1) is 34.7. The lowest BCUT2D eigenvalue weighted by Gasteiger charge is -2.28. The minimum atomic E-state index is -0.484. The van der Waals surface area contributed by atoms with E-state index in [-0.39, 0.29) is 61.2 Å². The van der Waals surface area contributed by atoms with Crippen LogP contribution in [0.15, 0.2) is 91.0 Å². The number of benzene rings is 6. The van der Waals surface area contributed by atoms with Crippen LogP contribution in [0.5, 0.6) is 51.7 Å². The predicted octanol–water partition coefficient (Wildman–Crippen LogP) is 16.1. The van der Waals surface area contributed by atoms with Crippen molar-refractivity contribution in [1.82, 2.24) is 0 Å². The van der Waals surface area contributed by atoms with Gasteiger partial charge in [-0.05, 0) is 181 Å². The molecule has 0 aliphatic rings. The van der Waals surface area contributed by atoms with E-state index >= 15 is 0 Å². The van der Waals surface area contributed by atoms with Crippen molar-refractivity contribution < 1.29 is 46.0 Å². The Morgan fingerprint density at radius 2 is 0.500 bits per heavy atom. The summed E-state index contributed by atoms with van der Waals surface area (Å²) < 4.78 is 0. The Kier molecular flexibility index (Phi) is 19.5. The third-order valence-corrected chi connectivity index (χ3v) is 13.7. The van der Waals surface area contributed by atoms with Crippen molar-refractivity contribution in [2.24, 2.45) is 0 Å². The number of rotatable bonds is 10. The molecule has 9 nitrogen and oxygen atoms in total. The molecule has 0 amide bonds. The molecule has 0 saturated carbocycles. The summed E-state index contributed by atoms with van der Waals surface area (Å²) in [6.45, 7) is 38.0. The lowest BCUT2D eigenvalue weighted by Crippen LogP contribution is -2.18. The molecule has 414 valence electrons. The van der Waals surface area contributed by atoms with E-state index in [0.717, 1.165) is 94.2 Å². The molecule has 0 heterocycles. The van der Waals surface area contributed by atoms with Gasteiger partial charge in [-0.1, -0.05) is 173 Å². The largest absolute Gasteiger partial charge is 0.508 e. The Morgan fingerprint density at radius 3 is 0.776 bits per heavy atom. The molecular weight excluding hydrogens is 949 g/mol. The number of hydrogen-bond acceptors (Lipinski definition) is 9. The predicted molar refractivity (Wildman–Crippen MR) is 313 cm³/mol. The monoisotopic (exact) mass is 1040 g/mol. The summed E-state index contributed by atoms with van der Waals surface area (Å²) in [7, 11) is 0. The van der Waals surface area contributed by atoms with Crippen LogP contribution in [0.3, 0.4) is 0 Å². The number of phenols is 9. The molecule has 0 aliphatic heterocycles. The smallest absolute Gasteiger partial charge is 0.200 e. The van der Waals surface area contributed by atoms with Gasteiger partial charge in [0, 0.05) is 6.07 Å². The lowest BCUT2D eigenvalue weighted by molar-refractivity contribution is 0.367. The van der Waals surface area contributed by atoms with E-state index in [2.05, 4.69) is 161 Å². The first-order valence-electron chi connectivity index (χ1n) is 26.8. The highest BCUT2D eigenvalue weighted by atomic mass is 16.3. The van der Waals surface area contributed by atoms with Gasteiger partial charge in [-0.2, -0.15) is 0 Å². The lowest BCUT2D eigenvalue weighted by atomic mass is 9.78. The average molecular weight is 1040 g/mol. The Hall–Kier alpha value is -6.48. The molecular formula is C67H92O9. The first kappa shape index (κ1) is 62.1. The zero-order chi connectivity index (χ0) is 57.7. The fourth-order valence-electron chi connectivity index (χ4n) is 9.35. The summed E-state index contributed by atoms with van der Waals surface area (Å²) in [6.07, 6.45) is 5.64. The highest BCUT2D eigenvalue weighted by molar-refractivity contribution is 5.54. The van der Waals surface area contributed by atoms with Crippen molar-refractivity contribution in [2.75, 3.05) is 0 Å². The number of aromatic hydroxyl groups is 9. The summed E-state index contributed by atoms with van der Waals surface area (Å²) in [5.74, 6) is 0.578. The van der Waals surface area contributed by atoms with E-state index in [0.29, 0.717) is 23.7 Å². The maximum atomic E-state index is 10.8. The molecule has 6 rings (SSSR count). The van der Waals surface area contributed by atoms with Gasteiger partial charge in [-0.15, -0.1) is 0 Å². The number of phenolic OH excluding ortho intramolecular Hbond substituents is 9. The van der Waals surface area contributed by atoms with E-state index in [4.69, 9.17) is 0 Å². The third-order valence-electron chi connectivity index (χ3n) is 13.7. The van der Waals surface area contributed by atoms with Gasteiger partial charge in [0.2, 0.25) is 0 Å². The molecule has 0 spiro atoms. The van der Waals surface area contributed by atoms with Crippen molar-refractivity contribution in [1.29, 1.82) is 0 Å². The zero-order valence-corrected chi connectivity index (χ0v) is 49.1. The van der Waals surface area contributed by atoms with Gasteiger partial charge in [0.1, 0.15) is 34.5 Å². The third kappa shape index (κ3) is 17.3. The molecule has 0 unspecified atom stereocenters. The molecule has 6 aromatic rings. The van der Waals surface area contributed by atoms with Gasteiger partial charge in [0.25, 0.3) is 0 Å². The fourth-order valence-corrected chi connectivity index (χ4v) is 9.35. The Bertz CT molecular complexity index is 2770. The van der Waals surface area contributed by atoms with Crippen LogP contribution in [0.1, 0.15) is 204 Å². The minimum absolute atomic E-state index is 0.0923. The van der Waals surface area contributed by atoms with Crippen molar-refractivity contribution in [3.05, 3.63) is 158 Å². The van der Waals surface area contributed by atoms with Crippen molar-refractivity contribution in [2.45, 2.75) is 202 Å². The molecule has 0 bridgehead atoms. The van der Waals surface area contributed by atoms with Gasteiger partial charge in [0.05, 0.1) is 0 Å². The second-order valence-electron chi connectivity index (χ2n) is 27.0. The average Bonchev–Trinajstić information content (AvgIpc) is 3.25. The SMILES string of the molecule is CC(C)(C)c1cc(CCCc2cc(O)c(O)c(O)c2)cc(C(C)(C)C)c1O.CC(C)(C)c1cc(CCCc2cc(O)cc(O)c2)cc(C(C)(C)C)c1O.CC(C)(C)c1cc(Cc2ccc(O)cc2)cc(C(C)(C)C)c1O. The fraction of sp³-hybridized carbons (Fsp3) is 0.463. The van der Waals surface area contributed by atoms with Crippen LogP contribution in [-0.2, 0) is 64.6 Å². The summed E-state index contributed by atoms with van der Waals surface area (Å²) >= 11 is 0. The van der Waals surface area contributed by atoms with Crippen molar-refractivity contribution in [3.63, 3.8) is 0 Å². The van der Waals surface area contributed by atoms with Gasteiger partial charge >= 0.3 is 0 Å². The van der Waals surface area contributed by atoms with Crippen LogP contribution in [0.4, 0.5) is 0 Å². The van der Waals surface area contributed by atoms with Crippen LogP contribution in [0.25, 0.3) is 0 Å². The van der Waals surface area contributed by atoms with Gasteiger partial charge in [0.15, 0.2) is 17.2 Å². The Labute approximate surface area is 455 Å². The van der Waals surface area contributed by atoms with E-state index in [9.17, 15) is 46.0 Å². The molecule has 9 N–H and O–H groups in total. The highest BCUT2D eigenvalue weighted by Crippen LogP contribution is 2.43. The maximum absolute atomic E-state index is 10.8. The Balaban J connectivity index is 0.000000247. The van der Waals surface area contributed by atoms with Crippen LogP contribution in [0, 0.1) is 0 Å². The van der Waals surface area contributed by atoms with Crippen LogP contribution in [-0.4, -0.2) is 46.0 Å². The number of aryl methyl sites for hydroxylation is 4. The second-order valence-corrected chi connectivity index (χ2v) is 27.0. The normalized spacial score (nSPS) is 12.4. The molecule has 0 saturated heterocycles. The van der Waals surface area contributed by atoms with Crippen molar-refractivity contribution in [3.8, 4) is 51.7 Å². The van der Waals surface area contributed by atoms with Gasteiger partial charge in [-0.25, -0.2) is 0 Å². The Morgan fingerprint density at radius 1 is 0.250 bits per heavy atom. The minimum Gasteiger partial charge on any atom is -0.508 e. The molecule has 76 heavy (non-hydrogen) atoms. The van der Waals surface area contributed by atoms with Crippen LogP contribution >= 0.6 is 0 Å². The maximum Gasteiger partial charge on any atom is 0.200 e. The van der Waals surface area contributed by atoms with Crippen LogP contribution in [0.2, 0.25) is 0 Å².